The molecule has 3 rings (SSSR count). The van der Waals surface area contributed by atoms with Crippen LogP contribution < -0.4 is 10.6 Å². The Morgan fingerprint density at radius 3 is 3.10 bits per heavy atom. The SMILES string of the molecule is O=C(NCC1CCc2nccn2C1)NCC1CCCCO1. The first kappa shape index (κ1) is 14.4. The maximum Gasteiger partial charge on any atom is 0.314 e. The number of ether oxygens (including phenoxy) is 1. The van der Waals surface area contributed by atoms with Gasteiger partial charge in [-0.25, -0.2) is 9.78 Å². The average Bonchev–Trinajstić information content (AvgIpc) is 2.99. The van der Waals surface area contributed by atoms with E-state index >= 15 is 0 Å². The van der Waals surface area contributed by atoms with Crippen molar-refractivity contribution in [3.05, 3.63) is 18.2 Å². The van der Waals surface area contributed by atoms with Crippen molar-refractivity contribution >= 4 is 6.03 Å². The highest BCUT2D eigenvalue weighted by Gasteiger charge is 2.19. The number of nitrogens with one attached hydrogen (secondary N) is 2. The third kappa shape index (κ3) is 3.97. The van der Waals surface area contributed by atoms with E-state index in [9.17, 15) is 4.79 Å². The summed E-state index contributed by atoms with van der Waals surface area (Å²) in [6.45, 7) is 3.10. The van der Waals surface area contributed by atoms with Crippen molar-refractivity contribution in [1.29, 1.82) is 0 Å². The van der Waals surface area contributed by atoms with Crippen LogP contribution in [0.25, 0.3) is 0 Å². The van der Waals surface area contributed by atoms with E-state index in [-0.39, 0.29) is 12.1 Å². The van der Waals surface area contributed by atoms with Crippen LogP contribution in [0.3, 0.4) is 0 Å². The van der Waals surface area contributed by atoms with Gasteiger partial charge in [0.1, 0.15) is 5.82 Å². The molecule has 0 radical (unpaired) electrons. The summed E-state index contributed by atoms with van der Waals surface area (Å²) in [5.74, 6) is 1.65. The molecule has 2 amide bonds. The van der Waals surface area contributed by atoms with Crippen LogP contribution in [0.4, 0.5) is 4.79 Å². The van der Waals surface area contributed by atoms with Crippen LogP contribution in [0, 0.1) is 5.92 Å². The lowest BCUT2D eigenvalue weighted by Crippen LogP contribution is -2.43. The number of carbonyl (C=O) groups is 1. The van der Waals surface area contributed by atoms with Gasteiger partial charge in [-0.1, -0.05) is 0 Å². The van der Waals surface area contributed by atoms with Crippen molar-refractivity contribution in [1.82, 2.24) is 20.2 Å². The minimum atomic E-state index is -0.0828. The van der Waals surface area contributed by atoms with Crippen LogP contribution >= 0.6 is 0 Å². The zero-order valence-corrected chi connectivity index (χ0v) is 12.4. The van der Waals surface area contributed by atoms with E-state index in [0.717, 1.165) is 51.2 Å². The predicted octanol–water partition coefficient (Wildman–Crippen LogP) is 1.31. The van der Waals surface area contributed by atoms with Crippen LogP contribution in [-0.2, 0) is 17.7 Å². The van der Waals surface area contributed by atoms with Gasteiger partial charge < -0.3 is 19.9 Å². The van der Waals surface area contributed by atoms with Crippen LogP contribution in [0.15, 0.2) is 12.4 Å². The van der Waals surface area contributed by atoms with Gasteiger partial charge in [0.05, 0.1) is 6.10 Å². The highest BCUT2D eigenvalue weighted by molar-refractivity contribution is 5.73. The largest absolute Gasteiger partial charge is 0.376 e. The third-order valence-electron chi connectivity index (χ3n) is 4.35. The van der Waals surface area contributed by atoms with E-state index in [0.29, 0.717) is 12.5 Å². The van der Waals surface area contributed by atoms with Gasteiger partial charge >= 0.3 is 6.03 Å². The maximum absolute atomic E-state index is 11.8. The first-order chi connectivity index (χ1) is 10.3. The summed E-state index contributed by atoms with van der Waals surface area (Å²) in [5, 5.41) is 5.89. The number of aryl methyl sites for hydroxylation is 1. The molecule has 1 saturated heterocycles. The Bertz CT molecular complexity index is 468. The second kappa shape index (κ2) is 6.93. The highest BCUT2D eigenvalue weighted by Crippen LogP contribution is 2.17. The van der Waals surface area contributed by atoms with Crippen molar-refractivity contribution < 1.29 is 9.53 Å². The standard InChI is InChI=1S/C15H24N4O2/c20-15(18-10-13-3-1-2-8-21-13)17-9-12-4-5-14-16-6-7-19(14)11-12/h6-7,12-13H,1-5,8-11H2,(H2,17,18,20). The molecule has 2 N–H and O–H groups in total. The molecule has 116 valence electrons. The lowest BCUT2D eigenvalue weighted by Gasteiger charge is -2.25. The van der Waals surface area contributed by atoms with Crippen molar-refractivity contribution in [2.24, 2.45) is 5.92 Å². The second-order valence-corrected chi connectivity index (χ2v) is 5.98. The maximum atomic E-state index is 11.8. The number of hydrogen-bond acceptors (Lipinski definition) is 3. The number of aromatic nitrogens is 2. The molecule has 2 aliphatic heterocycles. The number of fused-ring (bicyclic) bond motifs is 1. The van der Waals surface area contributed by atoms with Crippen molar-refractivity contribution in [2.75, 3.05) is 19.7 Å². The van der Waals surface area contributed by atoms with E-state index in [1.165, 1.54) is 6.42 Å². The van der Waals surface area contributed by atoms with Gasteiger partial charge in [-0.2, -0.15) is 0 Å². The first-order valence-corrected chi connectivity index (χ1v) is 7.94. The van der Waals surface area contributed by atoms with Crippen LogP contribution in [0.1, 0.15) is 31.5 Å². The molecule has 1 fully saturated rings. The normalized spacial score (nSPS) is 25.1. The van der Waals surface area contributed by atoms with Crippen molar-refractivity contribution in [3.63, 3.8) is 0 Å². The average molecular weight is 292 g/mol. The molecule has 21 heavy (non-hydrogen) atoms. The fourth-order valence-electron chi connectivity index (χ4n) is 3.08. The van der Waals surface area contributed by atoms with E-state index in [4.69, 9.17) is 4.74 Å². The summed E-state index contributed by atoms with van der Waals surface area (Å²) >= 11 is 0. The van der Waals surface area contributed by atoms with Gasteiger partial charge in [0.2, 0.25) is 0 Å². The van der Waals surface area contributed by atoms with E-state index in [1.54, 1.807) is 0 Å². The summed E-state index contributed by atoms with van der Waals surface area (Å²) < 4.78 is 7.78. The zero-order valence-electron chi connectivity index (χ0n) is 12.4. The Hall–Kier alpha value is -1.56. The Kier molecular flexibility index (Phi) is 4.75. The molecule has 1 aromatic heterocycles. The molecule has 0 aromatic carbocycles. The Labute approximate surface area is 125 Å². The molecule has 2 atom stereocenters. The summed E-state index contributed by atoms with van der Waals surface area (Å²) in [5.41, 5.74) is 0. The number of nitrogens with zero attached hydrogens (tertiary/aromatic N) is 2. The summed E-state index contributed by atoms with van der Waals surface area (Å²) in [6, 6.07) is -0.0828. The monoisotopic (exact) mass is 292 g/mol. The molecule has 1 aromatic rings. The molecule has 0 spiro atoms. The van der Waals surface area contributed by atoms with Crippen LogP contribution in [0.5, 0.6) is 0 Å². The van der Waals surface area contributed by atoms with E-state index in [1.807, 2.05) is 12.4 Å². The Morgan fingerprint density at radius 1 is 1.33 bits per heavy atom. The molecular formula is C15H24N4O2. The molecule has 2 unspecified atom stereocenters. The third-order valence-corrected chi connectivity index (χ3v) is 4.35. The number of hydrogen-bond donors (Lipinski definition) is 2. The number of imidazole rings is 1. The lowest BCUT2D eigenvalue weighted by molar-refractivity contribution is 0.0184. The topological polar surface area (TPSA) is 68.2 Å². The number of urea groups is 1. The fourth-order valence-corrected chi connectivity index (χ4v) is 3.08. The second-order valence-electron chi connectivity index (χ2n) is 5.98. The van der Waals surface area contributed by atoms with Crippen LogP contribution in [-0.4, -0.2) is 41.4 Å². The number of carbonyl (C=O) groups excluding carboxylic acids is 1. The molecular weight excluding hydrogens is 268 g/mol. The number of amides is 2. The molecule has 0 aliphatic carbocycles. The first-order valence-electron chi connectivity index (χ1n) is 7.94. The number of rotatable bonds is 4. The molecule has 2 aliphatic rings. The molecule has 6 nitrogen and oxygen atoms in total. The van der Waals surface area contributed by atoms with E-state index in [2.05, 4.69) is 20.2 Å². The summed E-state index contributed by atoms with van der Waals surface area (Å²) in [6.07, 6.45) is 9.52. The van der Waals surface area contributed by atoms with Gasteiger partial charge in [-0.15, -0.1) is 0 Å². The zero-order chi connectivity index (χ0) is 14.5. The smallest absolute Gasteiger partial charge is 0.314 e. The fraction of sp³-hybridized carbons (Fsp3) is 0.733. The molecule has 0 saturated carbocycles. The van der Waals surface area contributed by atoms with Crippen molar-refractivity contribution in [2.45, 2.75) is 44.8 Å². The summed E-state index contributed by atoms with van der Waals surface area (Å²) in [4.78, 5) is 16.1. The molecule has 0 bridgehead atoms. The highest BCUT2D eigenvalue weighted by atomic mass is 16.5. The van der Waals surface area contributed by atoms with Gasteiger partial charge in [-0.3, -0.25) is 0 Å². The Balaban J connectivity index is 1.34. The van der Waals surface area contributed by atoms with Gasteiger partial charge in [0.15, 0.2) is 0 Å². The predicted molar refractivity (Wildman–Crippen MR) is 79.0 cm³/mol. The quantitative estimate of drug-likeness (QED) is 0.879. The Morgan fingerprint density at radius 2 is 2.24 bits per heavy atom. The van der Waals surface area contributed by atoms with Gasteiger partial charge in [0, 0.05) is 45.1 Å². The van der Waals surface area contributed by atoms with Crippen LogP contribution in [0.2, 0.25) is 0 Å². The molecule has 3 heterocycles. The minimum absolute atomic E-state index is 0.0828. The van der Waals surface area contributed by atoms with E-state index < -0.39 is 0 Å². The lowest BCUT2D eigenvalue weighted by atomic mass is 9.99. The van der Waals surface area contributed by atoms with Gasteiger partial charge in [-0.05, 0) is 31.6 Å². The molecule has 6 heteroatoms. The van der Waals surface area contributed by atoms with Gasteiger partial charge in [0.25, 0.3) is 0 Å². The summed E-state index contributed by atoms with van der Waals surface area (Å²) in [7, 11) is 0. The minimum Gasteiger partial charge on any atom is -0.376 e. The van der Waals surface area contributed by atoms with Crippen molar-refractivity contribution in [3.8, 4) is 0 Å².